The molecule has 5 heteroatoms. The van der Waals surface area contributed by atoms with Crippen molar-refractivity contribution in [2.45, 2.75) is 19.8 Å². The van der Waals surface area contributed by atoms with Gasteiger partial charge < -0.3 is 4.74 Å². The molecule has 13 heavy (non-hydrogen) atoms. The molecule has 0 saturated carbocycles. The molecule has 1 heterocycles. The summed E-state index contributed by atoms with van der Waals surface area (Å²) in [5.74, 6) is -0.543. The fourth-order valence-electron chi connectivity index (χ4n) is 1.06. The summed E-state index contributed by atoms with van der Waals surface area (Å²) in [6.45, 7) is 3.61. The standard InChI is InChI=1S/C8H10ClNO2S/c1-4(7(11)12-3)6-5(2)10-8(9)13-6/h4H,1-3H3. The second kappa shape index (κ2) is 4.07. The molecule has 0 bridgehead atoms. The molecular formula is C8H10ClNO2S. The normalized spacial score (nSPS) is 12.6. The van der Waals surface area contributed by atoms with E-state index in [4.69, 9.17) is 11.6 Å². The van der Waals surface area contributed by atoms with Crippen LogP contribution in [0.3, 0.4) is 0 Å². The minimum absolute atomic E-state index is 0.261. The van der Waals surface area contributed by atoms with Gasteiger partial charge in [0.05, 0.1) is 18.7 Å². The highest BCUT2D eigenvalue weighted by atomic mass is 35.5. The van der Waals surface area contributed by atoms with Crippen molar-refractivity contribution < 1.29 is 9.53 Å². The van der Waals surface area contributed by atoms with Crippen molar-refractivity contribution in [2.24, 2.45) is 0 Å². The highest BCUT2D eigenvalue weighted by molar-refractivity contribution is 7.16. The van der Waals surface area contributed by atoms with E-state index in [1.54, 1.807) is 6.92 Å². The maximum absolute atomic E-state index is 11.2. The zero-order valence-electron chi connectivity index (χ0n) is 7.63. The van der Waals surface area contributed by atoms with Crippen LogP contribution >= 0.6 is 22.9 Å². The van der Waals surface area contributed by atoms with Crippen LogP contribution in [0.5, 0.6) is 0 Å². The van der Waals surface area contributed by atoms with Crippen molar-refractivity contribution in [3.05, 3.63) is 15.0 Å². The van der Waals surface area contributed by atoms with Crippen LogP contribution in [-0.2, 0) is 9.53 Å². The van der Waals surface area contributed by atoms with Gasteiger partial charge in [0.15, 0.2) is 4.47 Å². The molecular weight excluding hydrogens is 210 g/mol. The Hall–Kier alpha value is -0.610. The van der Waals surface area contributed by atoms with Crippen LogP contribution in [-0.4, -0.2) is 18.1 Å². The highest BCUT2D eigenvalue weighted by Gasteiger charge is 2.20. The third-order valence-electron chi connectivity index (χ3n) is 1.75. The number of hydrogen-bond donors (Lipinski definition) is 0. The first-order valence-corrected chi connectivity index (χ1v) is 4.96. The summed E-state index contributed by atoms with van der Waals surface area (Å²) in [6.07, 6.45) is 0. The molecule has 0 aliphatic carbocycles. The lowest BCUT2D eigenvalue weighted by atomic mass is 10.1. The highest BCUT2D eigenvalue weighted by Crippen LogP contribution is 2.29. The third-order valence-corrected chi connectivity index (χ3v) is 3.20. The van der Waals surface area contributed by atoms with Crippen LogP contribution in [0.2, 0.25) is 4.47 Å². The van der Waals surface area contributed by atoms with E-state index in [1.807, 2.05) is 6.92 Å². The lowest BCUT2D eigenvalue weighted by Gasteiger charge is -2.06. The summed E-state index contributed by atoms with van der Waals surface area (Å²) in [5, 5.41) is 0. The van der Waals surface area contributed by atoms with Crippen molar-refractivity contribution in [1.29, 1.82) is 0 Å². The van der Waals surface area contributed by atoms with Crippen molar-refractivity contribution in [3.63, 3.8) is 0 Å². The molecule has 1 unspecified atom stereocenters. The lowest BCUT2D eigenvalue weighted by molar-refractivity contribution is -0.141. The largest absolute Gasteiger partial charge is 0.469 e. The Morgan fingerprint density at radius 3 is 2.69 bits per heavy atom. The van der Waals surface area contributed by atoms with Crippen molar-refractivity contribution >= 4 is 28.9 Å². The molecule has 1 aromatic heterocycles. The number of rotatable bonds is 2. The van der Waals surface area contributed by atoms with E-state index < -0.39 is 0 Å². The third kappa shape index (κ3) is 2.19. The van der Waals surface area contributed by atoms with Crippen molar-refractivity contribution in [3.8, 4) is 0 Å². The summed E-state index contributed by atoms with van der Waals surface area (Å²) >= 11 is 7.03. The minimum Gasteiger partial charge on any atom is -0.469 e. The van der Waals surface area contributed by atoms with Gasteiger partial charge in [-0.25, -0.2) is 4.98 Å². The second-order valence-corrected chi connectivity index (χ2v) is 4.27. The molecule has 3 nitrogen and oxygen atoms in total. The molecule has 0 spiro atoms. The van der Waals surface area contributed by atoms with Gasteiger partial charge in [0.2, 0.25) is 0 Å². The van der Waals surface area contributed by atoms with Crippen LogP contribution in [0.25, 0.3) is 0 Å². The maximum Gasteiger partial charge on any atom is 0.313 e. The van der Waals surface area contributed by atoms with E-state index in [0.29, 0.717) is 4.47 Å². The average molecular weight is 220 g/mol. The number of carbonyl (C=O) groups is 1. The number of thiazole rings is 1. The van der Waals surface area contributed by atoms with Gasteiger partial charge in [-0.15, -0.1) is 11.3 Å². The molecule has 1 rings (SSSR count). The quantitative estimate of drug-likeness (QED) is 0.717. The Kier molecular flexibility index (Phi) is 3.27. The fourth-order valence-corrected chi connectivity index (χ4v) is 2.27. The fraction of sp³-hybridized carbons (Fsp3) is 0.500. The first kappa shape index (κ1) is 10.5. The van der Waals surface area contributed by atoms with Gasteiger partial charge >= 0.3 is 5.97 Å². The second-order valence-electron chi connectivity index (χ2n) is 2.66. The molecule has 0 aromatic carbocycles. The molecule has 1 aromatic rings. The maximum atomic E-state index is 11.2. The van der Waals surface area contributed by atoms with Crippen LogP contribution < -0.4 is 0 Å². The van der Waals surface area contributed by atoms with Gasteiger partial charge in [0.25, 0.3) is 0 Å². The molecule has 0 aliphatic heterocycles. The van der Waals surface area contributed by atoms with Crippen molar-refractivity contribution in [2.75, 3.05) is 7.11 Å². The number of hydrogen-bond acceptors (Lipinski definition) is 4. The monoisotopic (exact) mass is 219 g/mol. The molecule has 0 aliphatic rings. The summed E-state index contributed by atoms with van der Waals surface area (Å²) in [6, 6.07) is 0. The predicted octanol–water partition coefficient (Wildman–Crippen LogP) is 2.38. The molecule has 0 N–H and O–H groups in total. The van der Waals surface area contributed by atoms with E-state index in [2.05, 4.69) is 9.72 Å². The Bertz CT molecular complexity index is 324. The van der Waals surface area contributed by atoms with E-state index in [9.17, 15) is 4.79 Å². The number of carbonyl (C=O) groups excluding carboxylic acids is 1. The predicted molar refractivity (Wildman–Crippen MR) is 52.3 cm³/mol. The summed E-state index contributed by atoms with van der Waals surface area (Å²) in [5.41, 5.74) is 0.799. The number of nitrogens with zero attached hydrogens (tertiary/aromatic N) is 1. The Labute approximate surface area is 85.7 Å². The topological polar surface area (TPSA) is 39.2 Å². The van der Waals surface area contributed by atoms with Crippen LogP contribution in [0.1, 0.15) is 23.4 Å². The Balaban J connectivity index is 2.94. The zero-order chi connectivity index (χ0) is 10.0. The number of halogens is 1. The summed E-state index contributed by atoms with van der Waals surface area (Å²) < 4.78 is 5.09. The van der Waals surface area contributed by atoms with Gasteiger partial charge in [-0.3, -0.25) is 4.79 Å². The number of methoxy groups -OCH3 is 1. The smallest absolute Gasteiger partial charge is 0.313 e. The molecule has 0 saturated heterocycles. The average Bonchev–Trinajstić information content (AvgIpc) is 2.42. The molecule has 0 amide bonds. The number of ether oxygens (including phenoxy) is 1. The van der Waals surface area contributed by atoms with Gasteiger partial charge in [0.1, 0.15) is 0 Å². The first-order chi connectivity index (χ1) is 6.06. The van der Waals surface area contributed by atoms with Gasteiger partial charge in [-0.2, -0.15) is 0 Å². The van der Waals surface area contributed by atoms with Gasteiger partial charge in [-0.05, 0) is 13.8 Å². The lowest BCUT2D eigenvalue weighted by Crippen LogP contribution is -2.10. The van der Waals surface area contributed by atoms with Gasteiger partial charge in [0, 0.05) is 4.88 Å². The van der Waals surface area contributed by atoms with Crippen LogP contribution in [0, 0.1) is 6.92 Å². The summed E-state index contributed by atoms with van der Waals surface area (Å²) in [7, 11) is 1.37. The Morgan fingerprint density at radius 2 is 2.31 bits per heavy atom. The SMILES string of the molecule is COC(=O)C(C)c1sc(Cl)nc1C. The molecule has 0 radical (unpaired) electrons. The van der Waals surface area contributed by atoms with Gasteiger partial charge in [-0.1, -0.05) is 11.6 Å². The van der Waals surface area contributed by atoms with E-state index in [-0.39, 0.29) is 11.9 Å². The van der Waals surface area contributed by atoms with Crippen LogP contribution in [0.4, 0.5) is 0 Å². The van der Waals surface area contributed by atoms with E-state index >= 15 is 0 Å². The molecule has 1 atom stereocenters. The van der Waals surface area contributed by atoms with Crippen LogP contribution in [0.15, 0.2) is 0 Å². The number of aryl methyl sites for hydroxylation is 1. The van der Waals surface area contributed by atoms with E-state index in [1.165, 1.54) is 18.4 Å². The zero-order valence-corrected chi connectivity index (χ0v) is 9.20. The van der Waals surface area contributed by atoms with E-state index in [0.717, 1.165) is 10.6 Å². The Morgan fingerprint density at radius 1 is 1.69 bits per heavy atom. The summed E-state index contributed by atoms with van der Waals surface area (Å²) in [4.78, 5) is 16.1. The van der Waals surface area contributed by atoms with Crippen molar-refractivity contribution in [1.82, 2.24) is 4.98 Å². The number of aromatic nitrogens is 1. The first-order valence-electron chi connectivity index (χ1n) is 3.77. The minimum atomic E-state index is -0.282. The number of esters is 1. The molecule has 0 fully saturated rings. The molecule has 72 valence electrons.